The van der Waals surface area contributed by atoms with Gasteiger partial charge in [0.15, 0.2) is 5.11 Å². The molecule has 1 amide bonds. The second-order valence-corrected chi connectivity index (χ2v) is 5.87. The largest absolute Gasteiger partial charge is 0.330 e. The van der Waals surface area contributed by atoms with E-state index < -0.39 is 5.91 Å². The lowest BCUT2D eigenvalue weighted by molar-refractivity contribution is 0.0940. The van der Waals surface area contributed by atoms with Crippen molar-refractivity contribution in [3.8, 4) is 0 Å². The molecule has 0 unspecified atom stereocenters. The summed E-state index contributed by atoms with van der Waals surface area (Å²) in [6.45, 7) is 0. The van der Waals surface area contributed by atoms with Crippen molar-refractivity contribution in [3.63, 3.8) is 0 Å². The summed E-state index contributed by atoms with van der Waals surface area (Å²) >= 11 is 16.7. The molecule has 0 aromatic carbocycles. The van der Waals surface area contributed by atoms with Crippen LogP contribution >= 0.6 is 35.4 Å². The number of halogens is 2. The van der Waals surface area contributed by atoms with Gasteiger partial charge in [-0.1, -0.05) is 23.2 Å². The Hall–Kier alpha value is -2.42. The third-order valence-corrected chi connectivity index (χ3v) is 3.59. The van der Waals surface area contributed by atoms with Crippen LogP contribution in [0.15, 0.2) is 42.9 Å². The van der Waals surface area contributed by atoms with Crippen LogP contribution in [0.3, 0.4) is 0 Å². The molecule has 0 saturated heterocycles. The van der Waals surface area contributed by atoms with Gasteiger partial charge in [-0.3, -0.25) is 15.6 Å². The smallest absolute Gasteiger partial charge is 0.289 e. The van der Waals surface area contributed by atoms with Crippen molar-refractivity contribution in [2.24, 2.45) is 0 Å². The second kappa shape index (κ2) is 7.00. The lowest BCUT2D eigenvalue weighted by Gasteiger charge is -2.10. The van der Waals surface area contributed by atoms with Crippen LogP contribution in [-0.2, 0) is 0 Å². The zero-order valence-corrected chi connectivity index (χ0v) is 14.3. The summed E-state index contributed by atoms with van der Waals surface area (Å²) < 4.78 is 1.69. The van der Waals surface area contributed by atoms with Gasteiger partial charge in [0, 0.05) is 23.5 Å². The van der Waals surface area contributed by atoms with E-state index in [2.05, 4.69) is 26.1 Å². The maximum atomic E-state index is 12.1. The van der Waals surface area contributed by atoms with E-state index in [1.807, 2.05) is 0 Å². The van der Waals surface area contributed by atoms with E-state index in [-0.39, 0.29) is 10.8 Å². The lowest BCUT2D eigenvalue weighted by atomic mass is 10.4. The van der Waals surface area contributed by atoms with Crippen molar-refractivity contribution in [2.45, 2.75) is 0 Å². The highest BCUT2D eigenvalue weighted by Gasteiger charge is 2.11. The Balaban J connectivity index is 1.59. The molecule has 122 valence electrons. The van der Waals surface area contributed by atoms with E-state index in [1.165, 1.54) is 6.20 Å². The van der Waals surface area contributed by atoms with Gasteiger partial charge in [-0.05, 0) is 30.4 Å². The molecule has 3 aromatic rings. The molecule has 0 bridgehead atoms. The van der Waals surface area contributed by atoms with Crippen molar-refractivity contribution in [3.05, 3.63) is 58.7 Å². The minimum absolute atomic E-state index is 0.194. The van der Waals surface area contributed by atoms with Crippen LogP contribution in [0, 0.1) is 0 Å². The third kappa shape index (κ3) is 3.91. The number of rotatable bonds is 2. The Kier molecular flexibility index (Phi) is 4.79. The van der Waals surface area contributed by atoms with Gasteiger partial charge in [0.25, 0.3) is 5.91 Å². The van der Waals surface area contributed by atoms with E-state index in [9.17, 15) is 4.79 Å². The maximum Gasteiger partial charge on any atom is 0.289 e. The van der Waals surface area contributed by atoms with Crippen LogP contribution in [-0.4, -0.2) is 25.4 Å². The van der Waals surface area contributed by atoms with Gasteiger partial charge >= 0.3 is 0 Å². The number of thiocarbonyl (C=S) groups is 1. The SMILES string of the molecule is O=C(NNC(=S)Nc1ccc(Cl)nc1)c1cn2ccc(Cl)cc2n1. The summed E-state index contributed by atoms with van der Waals surface area (Å²) in [6.07, 6.45) is 4.82. The number of hydrogen-bond donors (Lipinski definition) is 3. The number of fused-ring (bicyclic) bond motifs is 1. The summed E-state index contributed by atoms with van der Waals surface area (Å²) in [6, 6.07) is 6.69. The Morgan fingerprint density at radius 3 is 2.79 bits per heavy atom. The Bertz CT molecular complexity index is 911. The predicted molar refractivity (Wildman–Crippen MR) is 96.3 cm³/mol. The summed E-state index contributed by atoms with van der Waals surface area (Å²) in [5.41, 5.74) is 6.47. The first kappa shape index (κ1) is 16.4. The van der Waals surface area contributed by atoms with Gasteiger partial charge in [-0.25, -0.2) is 9.97 Å². The number of pyridine rings is 2. The number of nitrogens with one attached hydrogen (secondary N) is 3. The normalized spacial score (nSPS) is 10.4. The van der Waals surface area contributed by atoms with Crippen molar-refractivity contribution >= 4 is 57.8 Å². The predicted octanol–water partition coefficient (Wildman–Crippen LogP) is 2.67. The van der Waals surface area contributed by atoms with Gasteiger partial charge in [0.2, 0.25) is 0 Å². The quantitative estimate of drug-likeness (QED) is 0.360. The van der Waals surface area contributed by atoms with Gasteiger partial charge in [0.1, 0.15) is 16.5 Å². The molecule has 0 radical (unpaired) electrons. The van der Waals surface area contributed by atoms with Crippen molar-refractivity contribution < 1.29 is 4.79 Å². The molecule has 0 aliphatic heterocycles. The number of hydrazine groups is 1. The number of imidazole rings is 1. The van der Waals surface area contributed by atoms with Crippen LogP contribution in [0.25, 0.3) is 5.65 Å². The average Bonchev–Trinajstić information content (AvgIpc) is 2.98. The highest BCUT2D eigenvalue weighted by molar-refractivity contribution is 7.80. The van der Waals surface area contributed by atoms with Crippen LogP contribution in [0.1, 0.15) is 10.5 Å². The first-order valence-electron chi connectivity index (χ1n) is 6.64. The first-order chi connectivity index (χ1) is 11.5. The van der Waals surface area contributed by atoms with E-state index in [1.54, 1.807) is 41.1 Å². The Labute approximate surface area is 152 Å². The summed E-state index contributed by atoms with van der Waals surface area (Å²) in [5, 5.41) is 3.96. The van der Waals surface area contributed by atoms with Crippen LogP contribution in [0.5, 0.6) is 0 Å². The molecule has 24 heavy (non-hydrogen) atoms. The van der Waals surface area contributed by atoms with Crippen molar-refractivity contribution in [2.75, 3.05) is 5.32 Å². The van der Waals surface area contributed by atoms with Crippen LogP contribution in [0.2, 0.25) is 10.2 Å². The standard InChI is InChI=1S/C14H10Cl2N6OS/c15-8-3-4-22-7-10(19-12(22)5-8)13(23)20-21-14(24)18-9-1-2-11(16)17-6-9/h1-7H,(H,20,23)(H2,18,21,24). The molecule has 3 N–H and O–H groups in total. The van der Waals surface area contributed by atoms with E-state index in [0.717, 1.165) is 0 Å². The fourth-order valence-electron chi connectivity index (χ4n) is 1.86. The number of carbonyl (C=O) groups is 1. The van der Waals surface area contributed by atoms with E-state index >= 15 is 0 Å². The van der Waals surface area contributed by atoms with Crippen molar-refractivity contribution in [1.29, 1.82) is 0 Å². The molecular weight excluding hydrogens is 371 g/mol. The molecule has 3 rings (SSSR count). The van der Waals surface area contributed by atoms with Gasteiger partial charge in [-0.15, -0.1) is 0 Å². The molecule has 3 aromatic heterocycles. The maximum absolute atomic E-state index is 12.1. The van der Waals surface area contributed by atoms with E-state index in [4.69, 9.17) is 35.4 Å². The summed E-state index contributed by atoms with van der Waals surface area (Å²) in [5.74, 6) is -0.437. The van der Waals surface area contributed by atoms with Crippen LogP contribution in [0.4, 0.5) is 5.69 Å². The Morgan fingerprint density at radius 1 is 1.21 bits per heavy atom. The topological polar surface area (TPSA) is 83.4 Å². The van der Waals surface area contributed by atoms with Gasteiger partial charge in [-0.2, -0.15) is 0 Å². The lowest BCUT2D eigenvalue weighted by Crippen LogP contribution is -2.43. The first-order valence-corrected chi connectivity index (χ1v) is 7.81. The molecule has 0 fully saturated rings. The summed E-state index contributed by atoms with van der Waals surface area (Å²) in [7, 11) is 0. The third-order valence-electron chi connectivity index (χ3n) is 2.93. The zero-order chi connectivity index (χ0) is 17.1. The number of nitrogens with zero attached hydrogens (tertiary/aromatic N) is 3. The fraction of sp³-hybridized carbons (Fsp3) is 0. The number of carbonyl (C=O) groups excluding carboxylic acids is 1. The molecule has 0 aliphatic carbocycles. The van der Waals surface area contributed by atoms with Crippen LogP contribution < -0.4 is 16.2 Å². The molecule has 10 heteroatoms. The number of anilines is 1. The fourth-order valence-corrected chi connectivity index (χ4v) is 2.29. The average molecular weight is 381 g/mol. The minimum Gasteiger partial charge on any atom is -0.330 e. The highest BCUT2D eigenvalue weighted by atomic mass is 35.5. The number of amides is 1. The molecule has 0 atom stereocenters. The molecule has 0 spiro atoms. The summed E-state index contributed by atoms with van der Waals surface area (Å²) in [4.78, 5) is 20.2. The van der Waals surface area contributed by atoms with Gasteiger partial charge < -0.3 is 9.72 Å². The van der Waals surface area contributed by atoms with E-state index in [0.29, 0.717) is 21.5 Å². The monoisotopic (exact) mass is 380 g/mol. The molecule has 0 saturated carbocycles. The molecule has 0 aliphatic rings. The van der Waals surface area contributed by atoms with Crippen molar-refractivity contribution in [1.82, 2.24) is 25.2 Å². The molecule has 3 heterocycles. The highest BCUT2D eigenvalue weighted by Crippen LogP contribution is 2.12. The number of aromatic nitrogens is 3. The molecule has 7 nitrogen and oxygen atoms in total. The zero-order valence-electron chi connectivity index (χ0n) is 12.0. The Morgan fingerprint density at radius 2 is 2.04 bits per heavy atom. The molecular formula is C14H10Cl2N6OS. The second-order valence-electron chi connectivity index (χ2n) is 4.64. The van der Waals surface area contributed by atoms with Gasteiger partial charge in [0.05, 0.1) is 11.9 Å². The number of hydrogen-bond acceptors (Lipinski definition) is 4. The minimum atomic E-state index is -0.437.